The lowest BCUT2D eigenvalue weighted by Gasteiger charge is -2.00. The van der Waals surface area contributed by atoms with Crippen LogP contribution in [-0.4, -0.2) is 0 Å². The van der Waals surface area contributed by atoms with Gasteiger partial charge in [0.05, 0.1) is 0 Å². The van der Waals surface area contributed by atoms with Gasteiger partial charge in [-0.05, 0) is 42.4 Å². The van der Waals surface area contributed by atoms with E-state index in [4.69, 9.17) is 0 Å². The first-order valence-electron chi connectivity index (χ1n) is 9.41. The fourth-order valence-electron chi connectivity index (χ4n) is 2.69. The second-order valence-electron chi connectivity index (χ2n) is 6.22. The molecule has 0 saturated carbocycles. The van der Waals surface area contributed by atoms with Gasteiger partial charge in [-0.3, -0.25) is 0 Å². The maximum Gasteiger partial charge on any atom is -0.0279 e. The molecule has 0 aromatic heterocycles. The zero-order valence-corrected chi connectivity index (χ0v) is 15.4. The first kappa shape index (κ1) is 19.5. The van der Waals surface area contributed by atoms with Crippen molar-refractivity contribution in [3.05, 3.63) is 71.3 Å². The van der Waals surface area contributed by atoms with Gasteiger partial charge in [0.25, 0.3) is 0 Å². The quantitative estimate of drug-likeness (QED) is 0.460. The third-order valence-corrected chi connectivity index (χ3v) is 4.10. The number of benzene rings is 2. The van der Waals surface area contributed by atoms with E-state index in [1.54, 1.807) is 0 Å². The Labute approximate surface area is 144 Å². The maximum atomic E-state index is 2.31. The Morgan fingerprint density at radius 2 is 1.26 bits per heavy atom. The first-order chi connectivity index (χ1) is 11.3. The van der Waals surface area contributed by atoms with Crippen molar-refractivity contribution in [2.75, 3.05) is 0 Å². The van der Waals surface area contributed by atoms with Crippen molar-refractivity contribution in [2.45, 2.75) is 72.1 Å². The number of unbranched alkanes of at least 4 members (excludes halogenated alkanes) is 3. The average Bonchev–Trinajstić information content (AvgIpc) is 2.61. The molecule has 0 bridgehead atoms. The number of aryl methyl sites for hydroxylation is 3. The molecule has 126 valence electrons. The molecule has 0 aliphatic carbocycles. The van der Waals surface area contributed by atoms with Crippen LogP contribution in [0.5, 0.6) is 0 Å². The van der Waals surface area contributed by atoms with Gasteiger partial charge >= 0.3 is 0 Å². The minimum Gasteiger partial charge on any atom is -0.0654 e. The Morgan fingerprint density at radius 1 is 0.565 bits per heavy atom. The summed E-state index contributed by atoms with van der Waals surface area (Å²) in [4.78, 5) is 0. The molecular weight excluding hydrogens is 276 g/mol. The summed E-state index contributed by atoms with van der Waals surface area (Å²) in [5, 5.41) is 0. The van der Waals surface area contributed by atoms with Gasteiger partial charge in [-0.1, -0.05) is 101 Å². The molecule has 0 amide bonds. The zero-order valence-electron chi connectivity index (χ0n) is 15.4. The molecule has 0 unspecified atom stereocenters. The van der Waals surface area contributed by atoms with Gasteiger partial charge < -0.3 is 0 Å². The predicted molar refractivity (Wildman–Crippen MR) is 104 cm³/mol. The summed E-state index contributed by atoms with van der Waals surface area (Å²) in [5.41, 5.74) is 4.41. The summed E-state index contributed by atoms with van der Waals surface area (Å²) in [6, 6.07) is 19.6. The molecule has 0 radical (unpaired) electrons. The minimum atomic E-state index is 1.15. The van der Waals surface area contributed by atoms with E-state index < -0.39 is 0 Å². The van der Waals surface area contributed by atoms with Crippen molar-refractivity contribution < 1.29 is 0 Å². The van der Waals surface area contributed by atoms with Gasteiger partial charge in [0.15, 0.2) is 0 Å². The van der Waals surface area contributed by atoms with E-state index in [9.17, 15) is 0 Å². The lowest BCUT2D eigenvalue weighted by Crippen LogP contribution is -1.85. The molecule has 0 saturated heterocycles. The second kappa shape index (κ2) is 12.9. The third-order valence-electron chi connectivity index (χ3n) is 4.10. The number of hydrogen-bond donors (Lipinski definition) is 0. The average molecular weight is 311 g/mol. The standard InChI is InChI=1S/C12H18.C11H16/c1-2-3-4-6-9-12-10-7-5-8-11-12;1-3-6-11-8-5-7-10(4-2)9-11/h5,7-8,10-11H,2-4,6,9H2,1H3;5,7-9H,3-4,6H2,1-2H3. The van der Waals surface area contributed by atoms with Crippen molar-refractivity contribution in [3.63, 3.8) is 0 Å². The largest absolute Gasteiger partial charge is 0.0654 e. The van der Waals surface area contributed by atoms with E-state index in [0.29, 0.717) is 0 Å². The molecule has 0 aliphatic heterocycles. The molecule has 0 heterocycles. The summed E-state index contributed by atoms with van der Waals surface area (Å²) in [6.45, 7) is 6.67. The van der Waals surface area contributed by atoms with Crippen LogP contribution in [0.4, 0.5) is 0 Å². The van der Waals surface area contributed by atoms with Gasteiger partial charge in [-0.25, -0.2) is 0 Å². The molecule has 0 heteroatoms. The highest BCUT2D eigenvalue weighted by Crippen LogP contribution is 2.08. The Morgan fingerprint density at radius 3 is 1.91 bits per heavy atom. The Kier molecular flexibility index (Phi) is 11.0. The van der Waals surface area contributed by atoms with Crippen LogP contribution in [0.2, 0.25) is 0 Å². The molecule has 0 nitrogen and oxygen atoms in total. The number of rotatable bonds is 8. The van der Waals surface area contributed by atoms with Crippen LogP contribution in [0, 0.1) is 0 Å². The van der Waals surface area contributed by atoms with Crippen LogP contribution in [0.15, 0.2) is 54.6 Å². The topological polar surface area (TPSA) is 0 Å². The summed E-state index contributed by atoms with van der Waals surface area (Å²) in [6.07, 6.45) is 10.3. The van der Waals surface area contributed by atoms with E-state index in [2.05, 4.69) is 75.4 Å². The van der Waals surface area contributed by atoms with Crippen LogP contribution in [0.1, 0.15) is 69.6 Å². The van der Waals surface area contributed by atoms with Crippen molar-refractivity contribution in [1.82, 2.24) is 0 Å². The highest BCUT2D eigenvalue weighted by Gasteiger charge is 1.92. The predicted octanol–water partition coefficient (Wildman–Crippen LogP) is 7.01. The third kappa shape index (κ3) is 9.23. The molecule has 0 atom stereocenters. The van der Waals surface area contributed by atoms with Gasteiger partial charge in [0.1, 0.15) is 0 Å². The van der Waals surface area contributed by atoms with E-state index in [1.807, 2.05) is 0 Å². The first-order valence-corrected chi connectivity index (χ1v) is 9.41. The Bertz CT molecular complexity index is 498. The van der Waals surface area contributed by atoms with Crippen molar-refractivity contribution >= 4 is 0 Å². The SMILES string of the molecule is CCCCCCc1ccccc1.CCCc1cccc(CC)c1. The highest BCUT2D eigenvalue weighted by molar-refractivity contribution is 5.23. The molecular formula is C23H34. The summed E-state index contributed by atoms with van der Waals surface area (Å²) >= 11 is 0. The van der Waals surface area contributed by atoms with Gasteiger partial charge in [0, 0.05) is 0 Å². The van der Waals surface area contributed by atoms with Crippen molar-refractivity contribution in [3.8, 4) is 0 Å². The Hall–Kier alpha value is -1.56. The normalized spacial score (nSPS) is 10.0. The van der Waals surface area contributed by atoms with E-state index in [1.165, 1.54) is 61.6 Å². The van der Waals surface area contributed by atoms with Crippen LogP contribution >= 0.6 is 0 Å². The number of hydrogen-bond acceptors (Lipinski definition) is 0. The molecule has 0 fully saturated rings. The van der Waals surface area contributed by atoms with Crippen LogP contribution < -0.4 is 0 Å². The molecule has 2 aromatic carbocycles. The van der Waals surface area contributed by atoms with Gasteiger partial charge in [-0.15, -0.1) is 0 Å². The fraction of sp³-hybridized carbons (Fsp3) is 0.478. The van der Waals surface area contributed by atoms with E-state index in [-0.39, 0.29) is 0 Å². The van der Waals surface area contributed by atoms with Crippen molar-refractivity contribution in [1.29, 1.82) is 0 Å². The summed E-state index contributed by atoms with van der Waals surface area (Å²) in [7, 11) is 0. The molecule has 0 aliphatic rings. The fourth-order valence-corrected chi connectivity index (χ4v) is 2.69. The van der Waals surface area contributed by atoms with Gasteiger partial charge in [0.2, 0.25) is 0 Å². The highest BCUT2D eigenvalue weighted by atomic mass is 14.0. The van der Waals surface area contributed by atoms with E-state index in [0.717, 1.165) is 6.42 Å². The van der Waals surface area contributed by atoms with Gasteiger partial charge in [-0.2, -0.15) is 0 Å². The summed E-state index contributed by atoms with van der Waals surface area (Å²) < 4.78 is 0. The van der Waals surface area contributed by atoms with Crippen LogP contribution in [0.25, 0.3) is 0 Å². The maximum absolute atomic E-state index is 2.31. The smallest absolute Gasteiger partial charge is 0.0279 e. The van der Waals surface area contributed by atoms with Crippen LogP contribution in [0.3, 0.4) is 0 Å². The molecule has 0 N–H and O–H groups in total. The molecule has 23 heavy (non-hydrogen) atoms. The molecule has 2 aromatic rings. The monoisotopic (exact) mass is 310 g/mol. The molecule has 0 spiro atoms. The summed E-state index contributed by atoms with van der Waals surface area (Å²) in [5.74, 6) is 0. The van der Waals surface area contributed by atoms with Crippen molar-refractivity contribution in [2.24, 2.45) is 0 Å². The second-order valence-corrected chi connectivity index (χ2v) is 6.22. The lowest BCUT2D eigenvalue weighted by atomic mass is 10.1. The lowest BCUT2D eigenvalue weighted by molar-refractivity contribution is 0.667. The Balaban J connectivity index is 0.000000231. The minimum absolute atomic E-state index is 1.15. The molecule has 2 rings (SSSR count). The van der Waals surface area contributed by atoms with Crippen LogP contribution in [-0.2, 0) is 19.3 Å². The zero-order chi connectivity index (χ0) is 16.8. The van der Waals surface area contributed by atoms with E-state index >= 15 is 0 Å².